The topological polar surface area (TPSA) is 95.9 Å². The Labute approximate surface area is 437 Å². The number of aliphatic hydroxyl groups excluding tert-OH is 2. The van der Waals surface area contributed by atoms with Crippen LogP contribution in [0.25, 0.3) is 0 Å². The monoisotopic (exact) mass is 986 g/mol. The second-order valence-corrected chi connectivity index (χ2v) is 21.7. The van der Waals surface area contributed by atoms with Crippen LogP contribution in [0.5, 0.6) is 0 Å². The van der Waals surface area contributed by atoms with Crippen molar-refractivity contribution >= 4 is 11.9 Å². The van der Waals surface area contributed by atoms with Crippen LogP contribution in [0.1, 0.15) is 348 Å². The van der Waals surface area contributed by atoms with Crippen molar-refractivity contribution in [2.45, 2.75) is 360 Å². The maximum absolute atomic E-state index is 12.4. The summed E-state index contributed by atoms with van der Waals surface area (Å²) in [4.78, 5) is 24.4. The van der Waals surface area contributed by atoms with Crippen molar-refractivity contribution < 1.29 is 24.5 Å². The molecule has 0 aliphatic carbocycles. The van der Waals surface area contributed by atoms with Crippen LogP contribution < -0.4 is 5.32 Å². The van der Waals surface area contributed by atoms with Gasteiger partial charge in [0, 0.05) is 12.8 Å². The van der Waals surface area contributed by atoms with Gasteiger partial charge in [0.05, 0.1) is 25.4 Å². The van der Waals surface area contributed by atoms with Crippen LogP contribution in [-0.4, -0.2) is 47.4 Å². The highest BCUT2D eigenvalue weighted by Crippen LogP contribution is 2.18. The van der Waals surface area contributed by atoms with Gasteiger partial charge in [-0.25, -0.2) is 0 Å². The molecule has 414 valence electrons. The smallest absolute Gasteiger partial charge is 0.305 e. The Morgan fingerprint density at radius 2 is 0.671 bits per heavy atom. The minimum Gasteiger partial charge on any atom is -0.466 e. The normalized spacial score (nSPS) is 12.7. The summed E-state index contributed by atoms with van der Waals surface area (Å²) in [6, 6.07) is -0.622. The first-order valence-corrected chi connectivity index (χ1v) is 31.6. The molecule has 70 heavy (non-hydrogen) atoms. The number of hydrogen-bond donors (Lipinski definition) is 3. The largest absolute Gasteiger partial charge is 0.466 e. The number of ether oxygens (including phenoxy) is 1. The van der Waals surface area contributed by atoms with E-state index in [1.807, 2.05) is 6.08 Å². The third kappa shape index (κ3) is 55.7. The van der Waals surface area contributed by atoms with Gasteiger partial charge < -0.3 is 20.3 Å². The molecule has 0 aromatic heterocycles. The Hall–Kier alpha value is -1.66. The third-order valence-electron chi connectivity index (χ3n) is 14.7. The van der Waals surface area contributed by atoms with Crippen molar-refractivity contribution in [3.05, 3.63) is 24.3 Å². The number of unbranched alkanes of at least 4 members (excludes halogenated alkanes) is 46. The molecule has 0 rings (SSSR count). The van der Waals surface area contributed by atoms with E-state index in [-0.39, 0.29) is 18.5 Å². The summed E-state index contributed by atoms with van der Waals surface area (Å²) in [5, 5.41) is 23.0. The zero-order chi connectivity index (χ0) is 50.7. The van der Waals surface area contributed by atoms with Crippen molar-refractivity contribution in [2.24, 2.45) is 0 Å². The molecule has 3 N–H and O–H groups in total. The molecule has 0 heterocycles. The molecule has 0 saturated heterocycles. The van der Waals surface area contributed by atoms with Crippen molar-refractivity contribution in [3.8, 4) is 0 Å². The maximum Gasteiger partial charge on any atom is 0.305 e. The molecule has 0 spiro atoms. The Morgan fingerprint density at radius 3 is 1.03 bits per heavy atom. The highest BCUT2D eigenvalue weighted by Gasteiger charge is 2.18. The number of carbonyl (C=O) groups excluding carboxylic acids is 2. The lowest BCUT2D eigenvalue weighted by Crippen LogP contribution is -2.45. The molecule has 0 aromatic rings. The first-order chi connectivity index (χ1) is 34.5. The van der Waals surface area contributed by atoms with Gasteiger partial charge in [-0.1, -0.05) is 301 Å². The summed E-state index contributed by atoms with van der Waals surface area (Å²) >= 11 is 0. The molecular formula is C64H123NO5. The van der Waals surface area contributed by atoms with Crippen LogP contribution in [0.2, 0.25) is 0 Å². The van der Waals surface area contributed by atoms with Crippen molar-refractivity contribution in [1.82, 2.24) is 5.32 Å². The average Bonchev–Trinajstić information content (AvgIpc) is 3.36. The molecule has 0 aliphatic heterocycles. The minimum atomic E-state index is -0.839. The molecule has 0 bridgehead atoms. The van der Waals surface area contributed by atoms with E-state index in [1.165, 1.54) is 276 Å². The molecule has 2 unspecified atom stereocenters. The quantitative estimate of drug-likeness (QED) is 0.0321. The molecule has 0 radical (unpaired) electrons. The van der Waals surface area contributed by atoms with Crippen LogP contribution in [-0.2, 0) is 14.3 Å². The predicted octanol–water partition coefficient (Wildman–Crippen LogP) is 19.8. The summed E-state index contributed by atoms with van der Waals surface area (Å²) in [6.45, 7) is 4.88. The van der Waals surface area contributed by atoms with E-state index in [2.05, 4.69) is 31.3 Å². The van der Waals surface area contributed by atoms with Gasteiger partial charge in [0.2, 0.25) is 5.91 Å². The number of hydrogen-bond acceptors (Lipinski definition) is 5. The third-order valence-corrected chi connectivity index (χ3v) is 14.7. The fourth-order valence-electron chi connectivity index (χ4n) is 9.87. The molecule has 2 atom stereocenters. The summed E-state index contributed by atoms with van der Waals surface area (Å²) in [5.74, 6) is -0.0544. The Kier molecular flexibility index (Phi) is 58.5. The first-order valence-electron chi connectivity index (χ1n) is 31.6. The summed E-state index contributed by atoms with van der Waals surface area (Å²) in [7, 11) is 0. The SMILES string of the molecule is CCCCCC/C=C\CCCCCCCC(=O)OCCCCCCCCCCCCCCCCCCCCCCCCCCCCCCCCC(=O)NC(CO)C(O)/C=C/CCCCCCCCCC. The average molecular weight is 987 g/mol. The molecule has 1 amide bonds. The molecule has 0 fully saturated rings. The molecular weight excluding hydrogens is 863 g/mol. The second kappa shape index (κ2) is 59.9. The Bertz CT molecular complexity index is 1090. The van der Waals surface area contributed by atoms with Crippen LogP contribution >= 0.6 is 0 Å². The number of amides is 1. The van der Waals surface area contributed by atoms with Crippen LogP contribution in [0.15, 0.2) is 24.3 Å². The van der Waals surface area contributed by atoms with E-state index in [1.54, 1.807) is 6.08 Å². The fraction of sp³-hybridized carbons (Fsp3) is 0.906. The first kappa shape index (κ1) is 68.3. The maximum atomic E-state index is 12.4. The Morgan fingerprint density at radius 1 is 0.386 bits per heavy atom. The zero-order valence-electron chi connectivity index (χ0n) is 47.3. The summed E-state index contributed by atoms with van der Waals surface area (Å²) in [6.07, 6.45) is 73.9. The lowest BCUT2D eigenvalue weighted by molar-refractivity contribution is -0.143. The van der Waals surface area contributed by atoms with Gasteiger partial charge in [0.25, 0.3) is 0 Å². The fourth-order valence-corrected chi connectivity index (χ4v) is 9.87. The van der Waals surface area contributed by atoms with Gasteiger partial charge in [-0.15, -0.1) is 0 Å². The van der Waals surface area contributed by atoms with Gasteiger partial charge in [-0.2, -0.15) is 0 Å². The lowest BCUT2D eigenvalue weighted by Gasteiger charge is -2.20. The van der Waals surface area contributed by atoms with Gasteiger partial charge in [-0.3, -0.25) is 9.59 Å². The summed E-state index contributed by atoms with van der Waals surface area (Å²) in [5.41, 5.74) is 0. The minimum absolute atomic E-state index is 0.0106. The van der Waals surface area contributed by atoms with Gasteiger partial charge in [0.15, 0.2) is 0 Å². The van der Waals surface area contributed by atoms with E-state index in [9.17, 15) is 19.8 Å². The zero-order valence-corrected chi connectivity index (χ0v) is 47.3. The number of allylic oxidation sites excluding steroid dienone is 3. The van der Waals surface area contributed by atoms with E-state index < -0.39 is 12.1 Å². The van der Waals surface area contributed by atoms with Crippen molar-refractivity contribution in [1.29, 1.82) is 0 Å². The number of carbonyl (C=O) groups is 2. The second-order valence-electron chi connectivity index (χ2n) is 21.7. The van der Waals surface area contributed by atoms with Gasteiger partial charge in [-0.05, 0) is 57.8 Å². The summed E-state index contributed by atoms with van der Waals surface area (Å²) < 4.78 is 5.48. The molecule has 0 aromatic carbocycles. The molecule has 0 saturated carbocycles. The standard InChI is InChI=1S/C64H123NO5/c1-3-5-7-9-11-13-15-34-38-42-46-50-54-58-64(69)70-59-55-51-47-43-39-36-33-31-29-27-25-23-21-19-17-16-18-20-22-24-26-28-30-32-35-37-41-45-49-53-57-63(68)65-61(60-66)62(67)56-52-48-44-40-14-12-10-8-6-4-2/h13,15,52,56,61-62,66-67H,3-12,14,16-51,53-55,57-60H2,1-2H3,(H,65,68)/b15-13-,56-52+. The highest BCUT2D eigenvalue weighted by molar-refractivity contribution is 5.76. The highest BCUT2D eigenvalue weighted by atomic mass is 16.5. The number of esters is 1. The molecule has 6 nitrogen and oxygen atoms in total. The van der Waals surface area contributed by atoms with Crippen LogP contribution in [0.4, 0.5) is 0 Å². The van der Waals surface area contributed by atoms with E-state index in [4.69, 9.17) is 4.74 Å². The van der Waals surface area contributed by atoms with E-state index >= 15 is 0 Å². The predicted molar refractivity (Wildman–Crippen MR) is 306 cm³/mol. The van der Waals surface area contributed by atoms with Gasteiger partial charge in [0.1, 0.15) is 0 Å². The van der Waals surface area contributed by atoms with E-state index in [0.717, 1.165) is 44.9 Å². The lowest BCUT2D eigenvalue weighted by atomic mass is 10.0. The molecule has 6 heteroatoms. The van der Waals surface area contributed by atoms with Crippen molar-refractivity contribution in [3.63, 3.8) is 0 Å². The van der Waals surface area contributed by atoms with E-state index in [0.29, 0.717) is 19.4 Å². The van der Waals surface area contributed by atoms with Crippen LogP contribution in [0.3, 0.4) is 0 Å². The van der Waals surface area contributed by atoms with Crippen LogP contribution in [0, 0.1) is 0 Å². The number of nitrogens with one attached hydrogen (secondary N) is 1. The van der Waals surface area contributed by atoms with Crippen molar-refractivity contribution in [2.75, 3.05) is 13.2 Å². The number of rotatable bonds is 59. The molecule has 0 aliphatic rings. The Balaban J connectivity index is 3.32. The van der Waals surface area contributed by atoms with Gasteiger partial charge >= 0.3 is 5.97 Å². The number of aliphatic hydroxyl groups is 2.